The van der Waals surface area contributed by atoms with Crippen molar-refractivity contribution in [3.63, 3.8) is 0 Å². The van der Waals surface area contributed by atoms with Crippen LogP contribution < -0.4 is 4.90 Å². The van der Waals surface area contributed by atoms with Gasteiger partial charge in [-0.15, -0.1) is 0 Å². The van der Waals surface area contributed by atoms with Crippen LogP contribution in [-0.2, 0) is 0 Å². The largest absolute Gasteiger partial charge is 0.508 e. The van der Waals surface area contributed by atoms with Gasteiger partial charge in [0, 0.05) is 23.3 Å². The van der Waals surface area contributed by atoms with Crippen molar-refractivity contribution in [2.75, 3.05) is 4.90 Å². The summed E-state index contributed by atoms with van der Waals surface area (Å²) in [5.41, 5.74) is 2.76. The van der Waals surface area contributed by atoms with Crippen LogP contribution in [0.3, 0.4) is 0 Å². The fraction of sp³-hybridized carbons (Fsp3) is 0. The fourth-order valence-corrected chi connectivity index (χ4v) is 2.95. The minimum atomic E-state index is 0.244. The van der Waals surface area contributed by atoms with Crippen LogP contribution in [0.2, 0.25) is 0 Å². The first-order valence-corrected chi connectivity index (χ1v) is 7.67. The van der Waals surface area contributed by atoms with E-state index in [4.69, 9.17) is 0 Å². The van der Waals surface area contributed by atoms with E-state index in [2.05, 4.69) is 15.5 Å². The molecule has 0 radical (unpaired) electrons. The summed E-state index contributed by atoms with van der Waals surface area (Å²) < 4.78 is 1.73. The van der Waals surface area contributed by atoms with Crippen LogP contribution in [0.5, 0.6) is 5.75 Å². The van der Waals surface area contributed by atoms with E-state index < -0.39 is 0 Å². The number of hydrogen-bond acceptors (Lipinski definition) is 5. The van der Waals surface area contributed by atoms with Crippen molar-refractivity contribution in [2.24, 2.45) is 0 Å². The zero-order valence-corrected chi connectivity index (χ0v) is 12.3. The monoisotopic (exact) mass is 308 g/mol. The van der Waals surface area contributed by atoms with E-state index in [1.54, 1.807) is 34.2 Å². The molecule has 0 aliphatic heterocycles. The maximum Gasteiger partial charge on any atom is 0.157 e. The van der Waals surface area contributed by atoms with Gasteiger partial charge in [0.15, 0.2) is 5.65 Å². The van der Waals surface area contributed by atoms with E-state index in [-0.39, 0.29) is 5.75 Å². The molecule has 108 valence electrons. The zero-order chi connectivity index (χ0) is 14.9. The molecule has 0 bridgehead atoms. The molecule has 0 amide bonds. The Morgan fingerprint density at radius 2 is 1.86 bits per heavy atom. The molecule has 1 N–H and O–H groups in total. The molecule has 5 nitrogen and oxygen atoms in total. The van der Waals surface area contributed by atoms with E-state index in [1.165, 1.54) is 0 Å². The van der Waals surface area contributed by atoms with Gasteiger partial charge in [-0.25, -0.2) is 9.50 Å². The van der Waals surface area contributed by atoms with Crippen LogP contribution in [0.4, 0.5) is 17.2 Å². The van der Waals surface area contributed by atoms with Gasteiger partial charge in [0.05, 0.1) is 11.9 Å². The Kier molecular flexibility index (Phi) is 3.01. The Morgan fingerprint density at radius 1 is 1.00 bits per heavy atom. The van der Waals surface area contributed by atoms with Crippen LogP contribution in [0.25, 0.3) is 5.65 Å². The molecular formula is C16H12N4OS. The van der Waals surface area contributed by atoms with Crippen molar-refractivity contribution >= 4 is 34.2 Å². The number of rotatable bonds is 3. The highest BCUT2D eigenvalue weighted by molar-refractivity contribution is 7.08. The quantitative estimate of drug-likeness (QED) is 0.622. The molecule has 0 saturated carbocycles. The number of phenolic OH excluding ortho intramolecular Hbond substituents is 1. The number of thiophene rings is 1. The van der Waals surface area contributed by atoms with Crippen LogP contribution in [0, 0.1) is 0 Å². The van der Waals surface area contributed by atoms with Gasteiger partial charge in [0.25, 0.3) is 0 Å². The third kappa shape index (κ3) is 2.19. The molecule has 22 heavy (non-hydrogen) atoms. The van der Waals surface area contributed by atoms with E-state index in [0.717, 1.165) is 22.8 Å². The predicted molar refractivity (Wildman–Crippen MR) is 87.2 cm³/mol. The Morgan fingerprint density at radius 3 is 2.64 bits per heavy atom. The second-order valence-corrected chi connectivity index (χ2v) is 5.53. The Labute approximate surface area is 130 Å². The lowest BCUT2D eigenvalue weighted by Crippen LogP contribution is -2.11. The zero-order valence-electron chi connectivity index (χ0n) is 11.5. The highest BCUT2D eigenvalue weighted by atomic mass is 32.1. The molecule has 0 spiro atoms. The van der Waals surface area contributed by atoms with Crippen molar-refractivity contribution in [3.05, 3.63) is 65.6 Å². The van der Waals surface area contributed by atoms with Gasteiger partial charge in [-0.1, -0.05) is 0 Å². The number of benzene rings is 1. The number of nitrogens with zero attached hydrogens (tertiary/aromatic N) is 4. The first kappa shape index (κ1) is 12.8. The summed E-state index contributed by atoms with van der Waals surface area (Å²) in [7, 11) is 0. The van der Waals surface area contributed by atoms with Gasteiger partial charge in [0.2, 0.25) is 0 Å². The second-order valence-electron chi connectivity index (χ2n) is 4.75. The van der Waals surface area contributed by atoms with Gasteiger partial charge >= 0.3 is 0 Å². The smallest absolute Gasteiger partial charge is 0.157 e. The Bertz CT molecular complexity index is 899. The average Bonchev–Trinajstić information content (AvgIpc) is 3.20. The first-order valence-electron chi connectivity index (χ1n) is 6.73. The summed E-state index contributed by atoms with van der Waals surface area (Å²) in [4.78, 5) is 6.70. The maximum atomic E-state index is 9.51. The van der Waals surface area contributed by atoms with Gasteiger partial charge in [-0.05, 0) is 41.8 Å². The summed E-state index contributed by atoms with van der Waals surface area (Å²) in [6, 6.07) is 12.9. The normalized spacial score (nSPS) is 10.9. The molecule has 6 heteroatoms. The summed E-state index contributed by atoms with van der Waals surface area (Å²) in [6.07, 6.45) is 3.61. The molecule has 0 fully saturated rings. The predicted octanol–water partition coefficient (Wildman–Crippen LogP) is 3.97. The van der Waals surface area contributed by atoms with E-state index in [9.17, 15) is 5.11 Å². The number of aromatic nitrogens is 3. The molecule has 0 unspecified atom stereocenters. The topological polar surface area (TPSA) is 53.7 Å². The molecule has 1 aromatic carbocycles. The van der Waals surface area contributed by atoms with Crippen LogP contribution >= 0.6 is 11.3 Å². The Balaban J connectivity index is 1.87. The minimum absolute atomic E-state index is 0.244. The van der Waals surface area contributed by atoms with E-state index in [1.807, 2.05) is 46.8 Å². The number of aromatic hydroxyl groups is 1. The van der Waals surface area contributed by atoms with Gasteiger partial charge in [-0.2, -0.15) is 16.4 Å². The summed E-state index contributed by atoms with van der Waals surface area (Å²) in [5.74, 6) is 1.05. The SMILES string of the molecule is Oc1ccc(N(c2ccsc2)c2ccn3nccc3n2)cc1. The van der Waals surface area contributed by atoms with Crippen LogP contribution in [0.15, 0.2) is 65.6 Å². The molecule has 3 aromatic heterocycles. The Hall–Kier alpha value is -2.86. The molecule has 0 saturated heterocycles. The molecule has 0 aliphatic rings. The third-order valence-corrected chi connectivity index (χ3v) is 4.02. The van der Waals surface area contributed by atoms with Crippen molar-refractivity contribution in [3.8, 4) is 5.75 Å². The fourth-order valence-electron chi connectivity index (χ4n) is 2.33. The second kappa shape index (κ2) is 5.16. The van der Waals surface area contributed by atoms with Crippen LogP contribution in [-0.4, -0.2) is 19.7 Å². The standard InChI is InChI=1S/C16H12N4OS/c21-14-3-1-12(2-4-14)20(13-7-10-22-11-13)16-6-9-19-15(18-16)5-8-17-19/h1-11,21H. The molecule has 0 aliphatic carbocycles. The summed E-state index contributed by atoms with van der Waals surface area (Å²) in [5, 5.41) is 17.8. The third-order valence-electron chi connectivity index (χ3n) is 3.34. The lowest BCUT2D eigenvalue weighted by Gasteiger charge is -2.22. The molecule has 3 heterocycles. The van der Waals surface area contributed by atoms with Crippen molar-refractivity contribution < 1.29 is 5.11 Å². The van der Waals surface area contributed by atoms with E-state index >= 15 is 0 Å². The van der Waals surface area contributed by atoms with Gasteiger partial charge in [-0.3, -0.25) is 4.90 Å². The molecular weight excluding hydrogens is 296 g/mol. The van der Waals surface area contributed by atoms with Crippen molar-refractivity contribution in [1.82, 2.24) is 14.6 Å². The summed E-state index contributed by atoms with van der Waals surface area (Å²) >= 11 is 1.63. The highest BCUT2D eigenvalue weighted by Crippen LogP contribution is 2.35. The first-order chi connectivity index (χ1) is 10.8. The molecule has 4 aromatic rings. The van der Waals surface area contributed by atoms with Gasteiger partial charge in [0.1, 0.15) is 11.6 Å². The van der Waals surface area contributed by atoms with Crippen molar-refractivity contribution in [2.45, 2.75) is 0 Å². The number of fused-ring (bicyclic) bond motifs is 1. The maximum absolute atomic E-state index is 9.51. The van der Waals surface area contributed by atoms with Crippen LogP contribution in [0.1, 0.15) is 0 Å². The number of phenols is 1. The minimum Gasteiger partial charge on any atom is -0.508 e. The highest BCUT2D eigenvalue weighted by Gasteiger charge is 2.14. The number of anilines is 3. The lowest BCUT2D eigenvalue weighted by atomic mass is 10.2. The van der Waals surface area contributed by atoms with Gasteiger partial charge < -0.3 is 5.11 Å². The summed E-state index contributed by atoms with van der Waals surface area (Å²) in [6.45, 7) is 0. The molecule has 0 atom stereocenters. The lowest BCUT2D eigenvalue weighted by molar-refractivity contribution is 0.475. The molecule has 4 rings (SSSR count). The average molecular weight is 308 g/mol. The van der Waals surface area contributed by atoms with Crippen molar-refractivity contribution in [1.29, 1.82) is 0 Å². The number of hydrogen-bond donors (Lipinski definition) is 1. The van der Waals surface area contributed by atoms with E-state index in [0.29, 0.717) is 0 Å².